The lowest BCUT2D eigenvalue weighted by Crippen LogP contribution is -2.48. The Morgan fingerprint density at radius 3 is 2.45 bits per heavy atom. The Hall–Kier alpha value is -1.36. The zero-order valence-corrected chi connectivity index (χ0v) is 13.1. The number of halogens is 1. The van der Waals surface area contributed by atoms with Crippen LogP contribution in [0.4, 0.5) is 5.82 Å². The van der Waals surface area contributed by atoms with Gasteiger partial charge in [-0.2, -0.15) is 0 Å². The Balaban J connectivity index is 2.18. The first kappa shape index (κ1) is 15.0. The Morgan fingerprint density at radius 1 is 1.25 bits per heavy atom. The summed E-state index contributed by atoms with van der Waals surface area (Å²) in [5.41, 5.74) is 0.919. The second kappa shape index (κ2) is 6.39. The van der Waals surface area contributed by atoms with E-state index in [-0.39, 0.29) is 5.91 Å². The van der Waals surface area contributed by atoms with Gasteiger partial charge < -0.3 is 9.80 Å². The number of rotatable bonds is 3. The molecule has 0 spiro atoms. The lowest BCUT2D eigenvalue weighted by molar-refractivity contribution is -0.129. The van der Waals surface area contributed by atoms with Crippen LogP contribution in [0.3, 0.4) is 0 Å². The summed E-state index contributed by atoms with van der Waals surface area (Å²) in [5.74, 6) is 1.84. The minimum absolute atomic E-state index is 0.133. The van der Waals surface area contributed by atoms with Crippen LogP contribution in [0.15, 0.2) is 0 Å². The number of amides is 1. The topological polar surface area (TPSA) is 49.3 Å². The first-order valence-electron chi connectivity index (χ1n) is 7.06. The van der Waals surface area contributed by atoms with Gasteiger partial charge in [-0.05, 0) is 13.3 Å². The summed E-state index contributed by atoms with van der Waals surface area (Å²) in [5, 5.41) is 0.535. The normalized spacial score (nSPS) is 15.6. The molecule has 110 valence electrons. The second-order valence-electron chi connectivity index (χ2n) is 5.12. The molecule has 1 amide bonds. The van der Waals surface area contributed by atoms with E-state index < -0.39 is 0 Å². The number of piperazine rings is 1. The van der Waals surface area contributed by atoms with E-state index in [0.717, 1.165) is 56.2 Å². The number of carbonyl (C=O) groups is 1. The number of aromatic nitrogens is 2. The third-order valence-corrected chi connectivity index (χ3v) is 3.97. The first-order valence-corrected chi connectivity index (χ1v) is 7.44. The number of carbonyl (C=O) groups excluding carboxylic acids is 1. The third-order valence-electron chi connectivity index (χ3n) is 3.61. The van der Waals surface area contributed by atoms with Crippen molar-refractivity contribution in [1.82, 2.24) is 14.9 Å². The molecule has 0 radical (unpaired) electrons. The molecule has 20 heavy (non-hydrogen) atoms. The average Bonchev–Trinajstić information content (AvgIpc) is 2.43. The van der Waals surface area contributed by atoms with Gasteiger partial charge in [0.05, 0.1) is 0 Å². The van der Waals surface area contributed by atoms with Crippen molar-refractivity contribution >= 4 is 23.3 Å². The molecule has 2 heterocycles. The highest BCUT2D eigenvalue weighted by Gasteiger charge is 2.22. The molecule has 1 fully saturated rings. The molecule has 1 aromatic rings. The molecule has 0 N–H and O–H groups in total. The number of hydrogen-bond acceptors (Lipinski definition) is 4. The van der Waals surface area contributed by atoms with Crippen molar-refractivity contribution < 1.29 is 4.79 Å². The van der Waals surface area contributed by atoms with E-state index in [9.17, 15) is 4.79 Å². The van der Waals surface area contributed by atoms with Gasteiger partial charge in [-0.1, -0.05) is 18.5 Å². The predicted molar refractivity (Wildman–Crippen MR) is 80.2 cm³/mol. The van der Waals surface area contributed by atoms with Crippen LogP contribution in [0.25, 0.3) is 0 Å². The standard InChI is InChI=1S/C14H21ClN4O/c1-4-5-12-16-13(15)10(2)14(17-12)19-8-6-18(7-9-19)11(3)20/h4-9H2,1-3H3. The lowest BCUT2D eigenvalue weighted by Gasteiger charge is -2.35. The molecular formula is C14H21ClN4O. The monoisotopic (exact) mass is 296 g/mol. The van der Waals surface area contributed by atoms with Gasteiger partial charge in [0.25, 0.3) is 0 Å². The molecule has 1 aliphatic rings. The maximum Gasteiger partial charge on any atom is 0.219 e. The van der Waals surface area contributed by atoms with Crippen LogP contribution in [0.1, 0.15) is 31.7 Å². The van der Waals surface area contributed by atoms with Gasteiger partial charge in [-0.15, -0.1) is 0 Å². The summed E-state index contributed by atoms with van der Waals surface area (Å²) in [6.45, 7) is 8.71. The maximum atomic E-state index is 11.4. The largest absolute Gasteiger partial charge is 0.353 e. The van der Waals surface area contributed by atoms with Crippen LogP contribution >= 0.6 is 11.6 Å². The van der Waals surface area contributed by atoms with Crippen molar-refractivity contribution in [2.75, 3.05) is 31.1 Å². The van der Waals surface area contributed by atoms with E-state index in [1.54, 1.807) is 6.92 Å². The molecule has 0 aromatic carbocycles. The van der Waals surface area contributed by atoms with E-state index in [2.05, 4.69) is 21.8 Å². The average molecular weight is 297 g/mol. The fourth-order valence-corrected chi connectivity index (χ4v) is 2.58. The quantitative estimate of drug-likeness (QED) is 0.801. The second-order valence-corrected chi connectivity index (χ2v) is 5.48. The van der Waals surface area contributed by atoms with Crippen molar-refractivity contribution in [3.63, 3.8) is 0 Å². The predicted octanol–water partition coefficient (Wildman–Crippen LogP) is 2.06. The molecular weight excluding hydrogens is 276 g/mol. The van der Waals surface area contributed by atoms with Crippen molar-refractivity contribution in [3.8, 4) is 0 Å². The van der Waals surface area contributed by atoms with Gasteiger partial charge >= 0.3 is 0 Å². The van der Waals surface area contributed by atoms with Crippen molar-refractivity contribution in [2.45, 2.75) is 33.6 Å². The van der Waals surface area contributed by atoms with Crippen molar-refractivity contribution in [3.05, 3.63) is 16.5 Å². The molecule has 6 heteroatoms. The smallest absolute Gasteiger partial charge is 0.219 e. The van der Waals surface area contributed by atoms with Crippen LogP contribution < -0.4 is 4.90 Å². The molecule has 5 nitrogen and oxygen atoms in total. The molecule has 2 rings (SSSR count). The minimum Gasteiger partial charge on any atom is -0.353 e. The summed E-state index contributed by atoms with van der Waals surface area (Å²) in [6.07, 6.45) is 1.83. The maximum absolute atomic E-state index is 11.4. The van der Waals surface area contributed by atoms with E-state index in [4.69, 9.17) is 11.6 Å². The van der Waals surface area contributed by atoms with Gasteiger partial charge in [-0.3, -0.25) is 4.79 Å². The fraction of sp³-hybridized carbons (Fsp3) is 0.643. The van der Waals surface area contributed by atoms with Crippen LogP contribution in [-0.2, 0) is 11.2 Å². The summed E-state index contributed by atoms with van der Waals surface area (Å²) in [7, 11) is 0. The minimum atomic E-state index is 0.133. The van der Waals surface area contributed by atoms with E-state index >= 15 is 0 Å². The summed E-state index contributed by atoms with van der Waals surface area (Å²) in [6, 6.07) is 0. The van der Waals surface area contributed by atoms with Gasteiger partial charge in [0, 0.05) is 45.1 Å². The molecule has 0 unspecified atom stereocenters. The Kier molecular flexibility index (Phi) is 4.81. The SMILES string of the molecule is CCCc1nc(Cl)c(C)c(N2CCN(C(C)=O)CC2)n1. The number of anilines is 1. The zero-order chi connectivity index (χ0) is 14.7. The first-order chi connectivity index (χ1) is 9.52. The van der Waals surface area contributed by atoms with Crippen molar-refractivity contribution in [1.29, 1.82) is 0 Å². The summed E-state index contributed by atoms with van der Waals surface area (Å²) in [4.78, 5) is 24.4. The highest BCUT2D eigenvalue weighted by molar-refractivity contribution is 6.30. The van der Waals surface area contributed by atoms with E-state index in [1.165, 1.54) is 0 Å². The molecule has 0 aliphatic carbocycles. The molecule has 0 bridgehead atoms. The van der Waals surface area contributed by atoms with E-state index in [1.807, 2.05) is 11.8 Å². The van der Waals surface area contributed by atoms with Gasteiger partial charge in [0.1, 0.15) is 16.8 Å². The third kappa shape index (κ3) is 3.20. The Bertz CT molecular complexity index is 498. The van der Waals surface area contributed by atoms with Gasteiger partial charge in [0.15, 0.2) is 0 Å². The van der Waals surface area contributed by atoms with E-state index in [0.29, 0.717) is 5.15 Å². The molecule has 1 aliphatic heterocycles. The molecule has 1 aromatic heterocycles. The van der Waals surface area contributed by atoms with Gasteiger partial charge in [0.2, 0.25) is 5.91 Å². The number of aryl methyl sites for hydroxylation is 1. The van der Waals surface area contributed by atoms with Crippen LogP contribution in [0, 0.1) is 6.92 Å². The highest BCUT2D eigenvalue weighted by atomic mass is 35.5. The Morgan fingerprint density at radius 2 is 1.90 bits per heavy atom. The van der Waals surface area contributed by atoms with Gasteiger partial charge in [-0.25, -0.2) is 9.97 Å². The molecule has 0 saturated carbocycles. The summed E-state index contributed by atoms with van der Waals surface area (Å²) < 4.78 is 0. The molecule has 0 atom stereocenters. The molecule has 1 saturated heterocycles. The lowest BCUT2D eigenvalue weighted by atomic mass is 10.2. The zero-order valence-electron chi connectivity index (χ0n) is 12.3. The van der Waals surface area contributed by atoms with Crippen molar-refractivity contribution in [2.24, 2.45) is 0 Å². The van der Waals surface area contributed by atoms with Crippen LogP contribution in [0.5, 0.6) is 0 Å². The summed E-state index contributed by atoms with van der Waals surface area (Å²) >= 11 is 6.21. The van der Waals surface area contributed by atoms with Crippen LogP contribution in [0.2, 0.25) is 5.15 Å². The van der Waals surface area contributed by atoms with Crippen LogP contribution in [-0.4, -0.2) is 47.0 Å². The highest BCUT2D eigenvalue weighted by Crippen LogP contribution is 2.24. The fourth-order valence-electron chi connectivity index (χ4n) is 2.40. The Labute approximate surface area is 124 Å². The number of nitrogens with zero attached hydrogens (tertiary/aromatic N) is 4. The number of hydrogen-bond donors (Lipinski definition) is 0.